The van der Waals surface area contributed by atoms with Gasteiger partial charge in [0, 0.05) is 6.20 Å². The summed E-state index contributed by atoms with van der Waals surface area (Å²) in [7, 11) is 1.55. The highest BCUT2D eigenvalue weighted by Crippen LogP contribution is 2.28. The minimum absolute atomic E-state index is 0.0491. The second kappa shape index (κ2) is 6.55. The molecule has 0 saturated heterocycles. The Balaban J connectivity index is 2.12. The number of hydrogen-bond donors (Lipinski definition) is 1. The molecule has 0 unspecified atom stereocenters. The van der Waals surface area contributed by atoms with Gasteiger partial charge in [0.05, 0.1) is 13.7 Å². The molecule has 0 aliphatic carbocycles. The van der Waals surface area contributed by atoms with Gasteiger partial charge in [0.15, 0.2) is 11.5 Å². The fourth-order valence-corrected chi connectivity index (χ4v) is 1.72. The number of nitrogens with zero attached hydrogens (tertiary/aromatic N) is 2. The van der Waals surface area contributed by atoms with Crippen molar-refractivity contribution in [3.8, 4) is 17.6 Å². The highest BCUT2D eigenvalue weighted by Gasteiger charge is 2.06. The summed E-state index contributed by atoms with van der Waals surface area (Å²) in [5.41, 5.74) is 1.96. The van der Waals surface area contributed by atoms with Crippen molar-refractivity contribution in [1.29, 1.82) is 5.26 Å². The summed E-state index contributed by atoms with van der Waals surface area (Å²) in [5.74, 6) is 1.14. The van der Waals surface area contributed by atoms with Gasteiger partial charge in [-0.25, -0.2) is 4.98 Å². The second-order valence-corrected chi connectivity index (χ2v) is 4.09. The molecule has 2 rings (SSSR count). The maximum atomic E-state index is 9.08. The number of hydrogen-bond acceptors (Lipinski definition) is 5. The van der Waals surface area contributed by atoms with Gasteiger partial charge in [0.25, 0.3) is 0 Å². The van der Waals surface area contributed by atoms with Crippen LogP contribution in [0, 0.1) is 11.3 Å². The third kappa shape index (κ3) is 3.25. The second-order valence-electron chi connectivity index (χ2n) is 4.09. The summed E-state index contributed by atoms with van der Waals surface area (Å²) in [5, 5.41) is 17.9. The van der Waals surface area contributed by atoms with Gasteiger partial charge in [-0.3, -0.25) is 0 Å². The molecule has 1 heterocycles. The molecule has 20 heavy (non-hydrogen) atoms. The molecule has 102 valence electrons. The minimum atomic E-state index is -0.0491. The summed E-state index contributed by atoms with van der Waals surface area (Å²) in [6.45, 7) is 0.262. The summed E-state index contributed by atoms with van der Waals surface area (Å²) >= 11 is 0. The smallest absolute Gasteiger partial charge is 0.161 e. The zero-order chi connectivity index (χ0) is 14.4. The molecule has 0 aliphatic heterocycles. The van der Waals surface area contributed by atoms with Crippen LogP contribution in [0.2, 0.25) is 0 Å². The average molecular weight is 270 g/mol. The van der Waals surface area contributed by atoms with Crippen LogP contribution >= 0.6 is 0 Å². The fraction of sp³-hybridized carbons (Fsp3) is 0.200. The first-order valence-corrected chi connectivity index (χ1v) is 6.02. The van der Waals surface area contributed by atoms with E-state index in [1.807, 2.05) is 6.07 Å². The van der Waals surface area contributed by atoms with Gasteiger partial charge in [0.2, 0.25) is 0 Å². The van der Waals surface area contributed by atoms with Crippen molar-refractivity contribution < 1.29 is 14.6 Å². The highest BCUT2D eigenvalue weighted by atomic mass is 16.5. The molecule has 0 spiro atoms. The molecule has 0 aliphatic rings. The molecule has 0 atom stereocenters. The van der Waals surface area contributed by atoms with Crippen LogP contribution in [-0.2, 0) is 13.2 Å². The lowest BCUT2D eigenvalue weighted by molar-refractivity contribution is 0.274. The van der Waals surface area contributed by atoms with Crippen molar-refractivity contribution in [2.75, 3.05) is 7.11 Å². The van der Waals surface area contributed by atoms with E-state index >= 15 is 0 Å². The molecular formula is C15H14N2O3. The average Bonchev–Trinajstić information content (AvgIpc) is 2.52. The quantitative estimate of drug-likeness (QED) is 0.899. The Morgan fingerprint density at radius 1 is 1.20 bits per heavy atom. The Morgan fingerprint density at radius 3 is 2.75 bits per heavy atom. The van der Waals surface area contributed by atoms with Gasteiger partial charge >= 0.3 is 0 Å². The maximum Gasteiger partial charge on any atom is 0.161 e. The van der Waals surface area contributed by atoms with Crippen LogP contribution in [0.1, 0.15) is 16.8 Å². The summed E-state index contributed by atoms with van der Waals surface area (Å²) in [6, 6.07) is 10.7. The molecule has 1 aromatic carbocycles. The van der Waals surface area contributed by atoms with Crippen LogP contribution in [-0.4, -0.2) is 17.2 Å². The van der Waals surface area contributed by atoms with Gasteiger partial charge in [-0.2, -0.15) is 5.26 Å². The summed E-state index contributed by atoms with van der Waals surface area (Å²) in [6.07, 6.45) is 1.57. The Hall–Kier alpha value is -2.58. The number of ether oxygens (including phenoxy) is 2. The minimum Gasteiger partial charge on any atom is -0.493 e. The van der Waals surface area contributed by atoms with Crippen molar-refractivity contribution >= 4 is 0 Å². The molecule has 5 heteroatoms. The van der Waals surface area contributed by atoms with Crippen molar-refractivity contribution in [3.05, 3.63) is 53.3 Å². The molecular weight excluding hydrogens is 256 g/mol. The van der Waals surface area contributed by atoms with Crippen molar-refractivity contribution in [1.82, 2.24) is 4.98 Å². The van der Waals surface area contributed by atoms with E-state index < -0.39 is 0 Å². The van der Waals surface area contributed by atoms with Crippen LogP contribution in [0.15, 0.2) is 36.5 Å². The van der Waals surface area contributed by atoms with Crippen molar-refractivity contribution in [2.45, 2.75) is 13.2 Å². The summed E-state index contributed by atoms with van der Waals surface area (Å²) < 4.78 is 10.9. The van der Waals surface area contributed by atoms with Gasteiger partial charge in [-0.1, -0.05) is 6.07 Å². The number of methoxy groups -OCH3 is 1. The first-order valence-electron chi connectivity index (χ1n) is 6.02. The van der Waals surface area contributed by atoms with Crippen molar-refractivity contribution in [3.63, 3.8) is 0 Å². The van der Waals surface area contributed by atoms with Gasteiger partial charge < -0.3 is 14.6 Å². The molecule has 0 fully saturated rings. The number of aliphatic hydroxyl groups excluding tert-OH is 1. The third-order valence-electron chi connectivity index (χ3n) is 2.74. The van der Waals surface area contributed by atoms with Crippen LogP contribution in [0.25, 0.3) is 0 Å². The normalized spacial score (nSPS) is 9.85. The summed E-state index contributed by atoms with van der Waals surface area (Å²) in [4.78, 5) is 3.90. The Bertz CT molecular complexity index is 635. The lowest BCUT2D eigenvalue weighted by Gasteiger charge is -2.11. The SMILES string of the molecule is COc1cc(CO)ccc1OCc1ccnc(C#N)c1. The lowest BCUT2D eigenvalue weighted by Crippen LogP contribution is -1.99. The highest BCUT2D eigenvalue weighted by molar-refractivity contribution is 5.43. The number of pyridine rings is 1. The standard InChI is InChI=1S/C15H14N2O3/c1-19-15-7-11(9-18)2-3-14(15)20-10-12-4-5-17-13(6-12)8-16/h2-7,18H,9-10H2,1H3. The molecule has 2 aromatic rings. The zero-order valence-electron chi connectivity index (χ0n) is 11.0. The third-order valence-corrected chi connectivity index (χ3v) is 2.74. The van der Waals surface area contributed by atoms with Gasteiger partial charge in [0.1, 0.15) is 18.4 Å². The van der Waals surface area contributed by atoms with E-state index in [2.05, 4.69) is 4.98 Å². The molecule has 0 saturated carbocycles. The fourth-order valence-electron chi connectivity index (χ4n) is 1.72. The molecule has 0 radical (unpaired) electrons. The van der Waals surface area contributed by atoms with E-state index in [0.29, 0.717) is 23.8 Å². The Labute approximate surface area is 117 Å². The number of rotatable bonds is 5. The largest absolute Gasteiger partial charge is 0.493 e. The predicted molar refractivity (Wildman–Crippen MR) is 72.2 cm³/mol. The molecule has 1 N–H and O–H groups in total. The van der Waals surface area contributed by atoms with Crippen LogP contribution < -0.4 is 9.47 Å². The predicted octanol–water partition coefficient (Wildman–Crippen LogP) is 2.03. The maximum absolute atomic E-state index is 9.08. The number of benzene rings is 1. The van der Waals surface area contributed by atoms with E-state index in [1.54, 1.807) is 43.6 Å². The molecule has 1 aromatic heterocycles. The topological polar surface area (TPSA) is 75.4 Å². The van der Waals surface area contributed by atoms with Crippen LogP contribution in [0.3, 0.4) is 0 Å². The lowest BCUT2D eigenvalue weighted by atomic mass is 10.2. The van der Waals surface area contributed by atoms with Gasteiger partial charge in [-0.15, -0.1) is 0 Å². The van der Waals surface area contributed by atoms with Crippen molar-refractivity contribution in [2.24, 2.45) is 0 Å². The number of aliphatic hydroxyl groups is 1. The number of nitriles is 1. The molecule has 0 amide bonds. The first-order chi connectivity index (χ1) is 9.76. The van der Waals surface area contributed by atoms with Crippen LogP contribution in [0.5, 0.6) is 11.5 Å². The first kappa shape index (κ1) is 13.8. The van der Waals surface area contributed by atoms with Gasteiger partial charge in [-0.05, 0) is 35.4 Å². The van der Waals surface area contributed by atoms with E-state index in [1.165, 1.54) is 0 Å². The monoisotopic (exact) mass is 270 g/mol. The van der Waals surface area contributed by atoms with E-state index in [0.717, 1.165) is 11.1 Å². The Kier molecular flexibility index (Phi) is 4.53. The van der Waals surface area contributed by atoms with Crippen LogP contribution in [0.4, 0.5) is 0 Å². The van der Waals surface area contributed by atoms with E-state index in [4.69, 9.17) is 19.8 Å². The van der Waals surface area contributed by atoms with E-state index in [-0.39, 0.29) is 6.61 Å². The molecule has 0 bridgehead atoms. The van der Waals surface area contributed by atoms with E-state index in [9.17, 15) is 0 Å². The Morgan fingerprint density at radius 2 is 2.05 bits per heavy atom. The molecule has 5 nitrogen and oxygen atoms in total. The zero-order valence-corrected chi connectivity index (χ0v) is 11.0. The number of aromatic nitrogens is 1.